The van der Waals surface area contributed by atoms with Crippen molar-refractivity contribution in [1.82, 2.24) is 10.3 Å². The van der Waals surface area contributed by atoms with Crippen LogP contribution >= 0.6 is 11.3 Å². The third kappa shape index (κ3) is 4.64. The van der Waals surface area contributed by atoms with E-state index in [2.05, 4.69) is 10.3 Å². The maximum Gasteiger partial charge on any atom is 0.220 e. The number of aryl methyl sites for hydroxylation is 1. The Balaban J connectivity index is 1.27. The Bertz CT molecular complexity index is 861. The summed E-state index contributed by atoms with van der Waals surface area (Å²) in [6.45, 7) is 1.25. The van der Waals surface area contributed by atoms with Crippen molar-refractivity contribution in [2.45, 2.75) is 25.3 Å². The summed E-state index contributed by atoms with van der Waals surface area (Å²) in [5.74, 6) is 2.04. The van der Waals surface area contributed by atoms with E-state index in [-0.39, 0.29) is 11.9 Å². The molecular weight excluding hydrogens is 360 g/mol. The quantitative estimate of drug-likeness (QED) is 0.677. The molecule has 0 radical (unpaired) electrons. The van der Waals surface area contributed by atoms with Crippen molar-refractivity contribution < 1.29 is 13.9 Å². The van der Waals surface area contributed by atoms with Crippen molar-refractivity contribution in [2.24, 2.45) is 5.92 Å². The summed E-state index contributed by atoms with van der Waals surface area (Å²) < 4.78 is 11.5. The highest BCUT2D eigenvalue weighted by Gasteiger charge is 2.29. The van der Waals surface area contributed by atoms with E-state index in [1.54, 1.807) is 23.7 Å². The highest BCUT2D eigenvalue weighted by atomic mass is 32.1. The van der Waals surface area contributed by atoms with Gasteiger partial charge in [-0.05, 0) is 47.7 Å². The van der Waals surface area contributed by atoms with E-state index in [1.165, 1.54) is 5.56 Å². The van der Waals surface area contributed by atoms with Gasteiger partial charge in [-0.3, -0.25) is 9.78 Å². The maximum atomic E-state index is 12.4. The number of furan rings is 1. The lowest BCUT2D eigenvalue weighted by Crippen LogP contribution is -2.40. The molecule has 6 heteroatoms. The van der Waals surface area contributed by atoms with E-state index in [1.807, 2.05) is 41.8 Å². The van der Waals surface area contributed by atoms with Crippen molar-refractivity contribution in [1.29, 1.82) is 0 Å². The highest BCUT2D eigenvalue weighted by Crippen LogP contribution is 2.27. The summed E-state index contributed by atoms with van der Waals surface area (Å²) in [7, 11) is 0. The number of thiophene rings is 1. The number of hydrogen-bond donors (Lipinski definition) is 1. The summed E-state index contributed by atoms with van der Waals surface area (Å²) in [6.07, 6.45) is 5.49. The van der Waals surface area contributed by atoms with Gasteiger partial charge in [-0.15, -0.1) is 11.3 Å². The predicted molar refractivity (Wildman–Crippen MR) is 105 cm³/mol. The molecule has 140 valence electrons. The fourth-order valence-corrected chi connectivity index (χ4v) is 4.05. The van der Waals surface area contributed by atoms with Crippen molar-refractivity contribution >= 4 is 17.2 Å². The normalized spacial score (nSPS) is 19.3. The summed E-state index contributed by atoms with van der Waals surface area (Å²) in [5.41, 5.74) is 1.22. The van der Waals surface area contributed by atoms with E-state index >= 15 is 0 Å². The summed E-state index contributed by atoms with van der Waals surface area (Å²) >= 11 is 1.65. The van der Waals surface area contributed by atoms with Gasteiger partial charge in [-0.2, -0.15) is 0 Å². The molecule has 0 unspecified atom stereocenters. The number of carbonyl (C=O) groups is 1. The molecule has 1 amide bonds. The molecule has 2 atom stereocenters. The van der Waals surface area contributed by atoms with Gasteiger partial charge in [0.05, 0.1) is 24.1 Å². The smallest absolute Gasteiger partial charge is 0.220 e. The van der Waals surface area contributed by atoms with Crippen LogP contribution in [0.25, 0.3) is 10.6 Å². The Morgan fingerprint density at radius 3 is 2.89 bits per heavy atom. The molecule has 0 spiro atoms. The monoisotopic (exact) mass is 382 g/mol. The summed E-state index contributed by atoms with van der Waals surface area (Å²) in [4.78, 5) is 17.5. The molecule has 1 aliphatic rings. The number of amides is 1. The van der Waals surface area contributed by atoms with Gasteiger partial charge in [-0.1, -0.05) is 6.07 Å². The van der Waals surface area contributed by atoms with Crippen LogP contribution in [0.1, 0.15) is 17.7 Å². The first-order chi connectivity index (χ1) is 13.3. The van der Waals surface area contributed by atoms with Gasteiger partial charge in [0.15, 0.2) is 0 Å². The molecule has 0 aliphatic carbocycles. The zero-order valence-electron chi connectivity index (χ0n) is 15.0. The fourth-order valence-electron chi connectivity index (χ4n) is 3.36. The largest absolute Gasteiger partial charge is 0.460 e. The Morgan fingerprint density at radius 2 is 2.07 bits per heavy atom. The Morgan fingerprint density at radius 1 is 1.19 bits per heavy atom. The van der Waals surface area contributed by atoms with Crippen LogP contribution in [0.15, 0.2) is 58.6 Å². The van der Waals surface area contributed by atoms with Crippen LogP contribution in [-0.4, -0.2) is 30.1 Å². The summed E-state index contributed by atoms with van der Waals surface area (Å²) in [5, 5.41) is 5.16. The molecule has 1 N–H and O–H groups in total. The minimum Gasteiger partial charge on any atom is -0.460 e. The number of aromatic nitrogens is 1. The molecule has 3 aromatic rings. The lowest BCUT2D eigenvalue weighted by Gasteiger charge is -2.19. The molecule has 4 rings (SSSR count). The number of hydrogen-bond acceptors (Lipinski definition) is 5. The number of rotatable bonds is 7. The van der Waals surface area contributed by atoms with Crippen molar-refractivity contribution in [3.63, 3.8) is 0 Å². The lowest BCUT2D eigenvalue weighted by atomic mass is 9.95. The maximum absolute atomic E-state index is 12.4. The first-order valence-corrected chi connectivity index (χ1v) is 10.0. The second-order valence-electron chi connectivity index (χ2n) is 6.77. The minimum atomic E-state index is 0.0410. The molecule has 1 aliphatic heterocycles. The van der Waals surface area contributed by atoms with Crippen molar-refractivity contribution in [3.8, 4) is 10.6 Å². The molecular formula is C21H22N2O3S. The second-order valence-corrected chi connectivity index (χ2v) is 7.72. The average molecular weight is 382 g/mol. The Hall–Kier alpha value is -2.44. The molecule has 0 aromatic carbocycles. The zero-order chi connectivity index (χ0) is 18.5. The van der Waals surface area contributed by atoms with Crippen LogP contribution in [0.5, 0.6) is 0 Å². The van der Waals surface area contributed by atoms with Crippen LogP contribution in [-0.2, 0) is 22.4 Å². The second kappa shape index (κ2) is 8.50. The van der Waals surface area contributed by atoms with Crippen LogP contribution in [0, 0.1) is 5.92 Å². The van der Waals surface area contributed by atoms with Crippen molar-refractivity contribution in [3.05, 3.63) is 65.5 Å². The standard InChI is InChI=1S/C21H22N2O3S/c24-21(6-4-17-3-5-19(26-17)20-2-1-11-27-20)23-18-14-25-13-16(18)12-15-7-9-22-10-8-15/h1-3,5,7-11,16,18H,4,6,12-14H2,(H,23,24)/t16-,18-/m1/s1. The van der Waals surface area contributed by atoms with Gasteiger partial charge in [-0.25, -0.2) is 0 Å². The molecule has 0 saturated carbocycles. The lowest BCUT2D eigenvalue weighted by molar-refractivity contribution is -0.122. The Kier molecular flexibility index (Phi) is 5.65. The molecule has 5 nitrogen and oxygen atoms in total. The SMILES string of the molecule is O=C(CCc1ccc(-c2cccs2)o1)N[C@@H]1COC[C@H]1Cc1ccncc1. The first kappa shape index (κ1) is 17.9. The summed E-state index contributed by atoms with van der Waals surface area (Å²) in [6, 6.07) is 12.0. The number of nitrogens with one attached hydrogen (secondary N) is 1. The third-order valence-corrected chi connectivity index (χ3v) is 5.70. The van der Waals surface area contributed by atoms with E-state index in [4.69, 9.17) is 9.15 Å². The first-order valence-electron chi connectivity index (χ1n) is 9.16. The number of ether oxygens (including phenoxy) is 1. The fraction of sp³-hybridized carbons (Fsp3) is 0.333. The molecule has 27 heavy (non-hydrogen) atoms. The van der Waals surface area contributed by atoms with Gasteiger partial charge in [0.2, 0.25) is 5.91 Å². The molecule has 3 aromatic heterocycles. The van der Waals surface area contributed by atoms with Gasteiger partial charge in [0, 0.05) is 31.2 Å². The molecule has 0 bridgehead atoms. The number of nitrogens with zero attached hydrogens (tertiary/aromatic N) is 1. The van der Waals surface area contributed by atoms with Crippen LogP contribution in [0.4, 0.5) is 0 Å². The number of carbonyl (C=O) groups excluding carboxylic acids is 1. The van der Waals surface area contributed by atoms with Crippen LogP contribution in [0.3, 0.4) is 0 Å². The molecule has 1 saturated heterocycles. The van der Waals surface area contributed by atoms with Gasteiger partial charge in [0.1, 0.15) is 11.5 Å². The number of pyridine rings is 1. The third-order valence-electron chi connectivity index (χ3n) is 4.82. The van der Waals surface area contributed by atoms with E-state index in [9.17, 15) is 4.79 Å². The topological polar surface area (TPSA) is 64.4 Å². The molecule has 1 fully saturated rings. The van der Waals surface area contributed by atoms with Gasteiger partial charge >= 0.3 is 0 Å². The molecule has 4 heterocycles. The van der Waals surface area contributed by atoms with E-state index < -0.39 is 0 Å². The average Bonchev–Trinajstić information content (AvgIpc) is 3.43. The Labute approximate surface area is 162 Å². The predicted octanol–water partition coefficient (Wildman–Crippen LogP) is 3.71. The van der Waals surface area contributed by atoms with Crippen molar-refractivity contribution in [2.75, 3.05) is 13.2 Å². The van der Waals surface area contributed by atoms with E-state index in [0.717, 1.165) is 22.8 Å². The van der Waals surface area contributed by atoms with Gasteiger partial charge < -0.3 is 14.5 Å². The van der Waals surface area contributed by atoms with Crippen LogP contribution < -0.4 is 5.32 Å². The minimum absolute atomic E-state index is 0.0410. The van der Waals surface area contributed by atoms with Crippen LogP contribution in [0.2, 0.25) is 0 Å². The highest BCUT2D eigenvalue weighted by molar-refractivity contribution is 7.13. The van der Waals surface area contributed by atoms with Gasteiger partial charge in [0.25, 0.3) is 0 Å². The van der Waals surface area contributed by atoms with E-state index in [0.29, 0.717) is 32.0 Å². The zero-order valence-corrected chi connectivity index (χ0v) is 15.8.